The number of aromatic nitrogens is 4. The van der Waals surface area contributed by atoms with Crippen molar-refractivity contribution in [3.8, 4) is 17.1 Å². The average Bonchev–Trinajstić information content (AvgIpc) is 3.42. The lowest BCUT2D eigenvalue weighted by molar-refractivity contribution is -0.113. The molecule has 2 heterocycles. The standard InChI is InChI=1S/C21H18ClN5O2S/c1-29-18-11-5-4-10-17(18)23-19(28)14-30-21-25-24-20(15-8-2-3-9-16(15)22)27(21)26-12-6-7-13-26/h2-13H,14H2,1H3,(H,23,28). The summed E-state index contributed by atoms with van der Waals surface area (Å²) in [5, 5.41) is 12.6. The maximum Gasteiger partial charge on any atom is 0.234 e. The molecule has 30 heavy (non-hydrogen) atoms. The number of ether oxygens (including phenoxy) is 1. The number of carbonyl (C=O) groups is 1. The van der Waals surface area contributed by atoms with Crippen molar-refractivity contribution in [2.24, 2.45) is 0 Å². The van der Waals surface area contributed by atoms with Crippen LogP contribution in [0.25, 0.3) is 11.4 Å². The van der Waals surface area contributed by atoms with E-state index in [1.165, 1.54) is 11.8 Å². The van der Waals surface area contributed by atoms with Crippen molar-refractivity contribution in [1.29, 1.82) is 0 Å². The second-order valence-electron chi connectivity index (χ2n) is 6.20. The van der Waals surface area contributed by atoms with Crippen LogP contribution >= 0.6 is 23.4 Å². The van der Waals surface area contributed by atoms with Gasteiger partial charge in [0.2, 0.25) is 11.1 Å². The van der Waals surface area contributed by atoms with Crippen molar-refractivity contribution < 1.29 is 9.53 Å². The predicted octanol–water partition coefficient (Wildman–Crippen LogP) is 4.45. The smallest absolute Gasteiger partial charge is 0.234 e. The van der Waals surface area contributed by atoms with E-state index in [-0.39, 0.29) is 11.7 Å². The number of amides is 1. The summed E-state index contributed by atoms with van der Waals surface area (Å²) in [7, 11) is 1.57. The normalized spacial score (nSPS) is 10.7. The third-order valence-electron chi connectivity index (χ3n) is 4.26. The van der Waals surface area contributed by atoms with Gasteiger partial charge < -0.3 is 10.1 Å². The number of benzene rings is 2. The molecular formula is C21H18ClN5O2S. The van der Waals surface area contributed by atoms with Gasteiger partial charge in [0.05, 0.1) is 23.6 Å². The average molecular weight is 440 g/mol. The van der Waals surface area contributed by atoms with Gasteiger partial charge >= 0.3 is 0 Å². The van der Waals surface area contributed by atoms with E-state index in [9.17, 15) is 4.79 Å². The summed E-state index contributed by atoms with van der Waals surface area (Å²) < 4.78 is 8.94. The minimum absolute atomic E-state index is 0.153. The predicted molar refractivity (Wildman–Crippen MR) is 118 cm³/mol. The van der Waals surface area contributed by atoms with Gasteiger partial charge in [-0.15, -0.1) is 10.2 Å². The maximum atomic E-state index is 12.5. The largest absolute Gasteiger partial charge is 0.495 e. The molecule has 0 spiro atoms. The monoisotopic (exact) mass is 439 g/mol. The molecule has 1 amide bonds. The number of hydrogen-bond acceptors (Lipinski definition) is 5. The number of halogens is 1. The van der Waals surface area contributed by atoms with E-state index in [1.807, 2.05) is 64.2 Å². The van der Waals surface area contributed by atoms with E-state index >= 15 is 0 Å². The molecule has 9 heteroatoms. The van der Waals surface area contributed by atoms with Gasteiger partial charge in [-0.25, -0.2) is 4.68 Å². The number of methoxy groups -OCH3 is 1. The Kier molecular flexibility index (Phi) is 6.06. The van der Waals surface area contributed by atoms with E-state index in [4.69, 9.17) is 16.3 Å². The number of hydrogen-bond donors (Lipinski definition) is 1. The van der Waals surface area contributed by atoms with Gasteiger partial charge in [-0.05, 0) is 36.4 Å². The summed E-state index contributed by atoms with van der Waals surface area (Å²) in [5.41, 5.74) is 1.37. The summed E-state index contributed by atoms with van der Waals surface area (Å²) in [4.78, 5) is 12.5. The Bertz CT molecular complexity index is 1160. The summed E-state index contributed by atoms with van der Waals surface area (Å²) >= 11 is 7.65. The van der Waals surface area contributed by atoms with Crippen molar-refractivity contribution in [2.45, 2.75) is 5.16 Å². The Labute approximate surface area is 182 Å². The number of rotatable bonds is 7. The number of nitrogens with one attached hydrogen (secondary N) is 1. The van der Waals surface area contributed by atoms with Crippen LogP contribution in [-0.2, 0) is 4.79 Å². The minimum Gasteiger partial charge on any atom is -0.495 e. The van der Waals surface area contributed by atoms with Gasteiger partial charge in [-0.3, -0.25) is 9.47 Å². The third-order valence-corrected chi connectivity index (χ3v) is 5.51. The molecule has 0 aliphatic carbocycles. The molecule has 0 radical (unpaired) electrons. The van der Waals surface area contributed by atoms with Crippen molar-refractivity contribution in [3.05, 3.63) is 78.1 Å². The highest BCUT2D eigenvalue weighted by atomic mass is 35.5. The van der Waals surface area contributed by atoms with Crippen LogP contribution in [0.15, 0.2) is 78.2 Å². The third kappa shape index (κ3) is 4.19. The summed E-state index contributed by atoms with van der Waals surface area (Å²) in [5.74, 6) is 1.17. The molecule has 2 aromatic carbocycles. The first-order chi connectivity index (χ1) is 14.7. The van der Waals surface area contributed by atoms with Crippen molar-refractivity contribution in [3.63, 3.8) is 0 Å². The maximum absolute atomic E-state index is 12.5. The Hall–Kier alpha value is -3.23. The molecule has 0 saturated carbocycles. The highest BCUT2D eigenvalue weighted by molar-refractivity contribution is 7.99. The van der Waals surface area contributed by atoms with E-state index in [2.05, 4.69) is 15.5 Å². The molecule has 0 atom stereocenters. The molecule has 4 rings (SSSR count). The zero-order chi connectivity index (χ0) is 20.9. The van der Waals surface area contributed by atoms with Gasteiger partial charge in [0.1, 0.15) is 5.75 Å². The van der Waals surface area contributed by atoms with E-state index in [1.54, 1.807) is 25.3 Å². The quantitative estimate of drug-likeness (QED) is 0.430. The van der Waals surface area contributed by atoms with E-state index in [0.717, 1.165) is 5.56 Å². The molecule has 0 aliphatic rings. The lowest BCUT2D eigenvalue weighted by Crippen LogP contribution is -2.16. The van der Waals surface area contributed by atoms with E-state index < -0.39 is 0 Å². The van der Waals surface area contributed by atoms with Gasteiger partial charge in [0, 0.05) is 18.0 Å². The number of nitrogens with zero attached hydrogens (tertiary/aromatic N) is 4. The van der Waals surface area contributed by atoms with Crippen molar-refractivity contribution >= 4 is 35.0 Å². The Morgan fingerprint density at radius 3 is 2.57 bits per heavy atom. The van der Waals surface area contributed by atoms with Gasteiger partial charge in [0.25, 0.3) is 0 Å². The first kappa shape index (κ1) is 20.1. The van der Waals surface area contributed by atoms with Crippen LogP contribution in [0.4, 0.5) is 5.69 Å². The molecule has 2 aromatic heterocycles. The summed E-state index contributed by atoms with van der Waals surface area (Å²) in [6.45, 7) is 0. The van der Waals surface area contributed by atoms with Crippen molar-refractivity contribution in [1.82, 2.24) is 19.5 Å². The molecule has 1 N–H and O–H groups in total. The molecule has 0 saturated heterocycles. The van der Waals surface area contributed by atoms with Crippen LogP contribution < -0.4 is 10.1 Å². The van der Waals surface area contributed by atoms with Crippen LogP contribution in [0.1, 0.15) is 0 Å². The first-order valence-corrected chi connectivity index (χ1v) is 10.4. The van der Waals surface area contributed by atoms with Crippen LogP contribution in [0.2, 0.25) is 5.02 Å². The summed E-state index contributed by atoms with van der Waals surface area (Å²) in [6, 6.07) is 18.5. The molecule has 0 aliphatic heterocycles. The lowest BCUT2D eigenvalue weighted by Gasteiger charge is -2.12. The molecule has 152 valence electrons. The minimum atomic E-state index is -0.175. The van der Waals surface area contributed by atoms with Crippen LogP contribution in [0.5, 0.6) is 5.75 Å². The van der Waals surface area contributed by atoms with Gasteiger partial charge in [-0.2, -0.15) is 0 Å². The molecule has 4 aromatic rings. The van der Waals surface area contributed by atoms with Crippen LogP contribution in [0.3, 0.4) is 0 Å². The first-order valence-electron chi connectivity index (χ1n) is 9.07. The highest BCUT2D eigenvalue weighted by Crippen LogP contribution is 2.30. The molecule has 0 unspecified atom stereocenters. The second kappa shape index (κ2) is 9.06. The molecular weight excluding hydrogens is 422 g/mol. The molecule has 0 bridgehead atoms. The fourth-order valence-electron chi connectivity index (χ4n) is 2.90. The fourth-order valence-corrected chi connectivity index (χ4v) is 3.85. The fraction of sp³-hybridized carbons (Fsp3) is 0.0952. The molecule has 0 fully saturated rings. The van der Waals surface area contributed by atoms with Crippen molar-refractivity contribution in [2.75, 3.05) is 18.2 Å². The highest BCUT2D eigenvalue weighted by Gasteiger charge is 2.19. The van der Waals surface area contributed by atoms with Gasteiger partial charge in [-0.1, -0.05) is 47.6 Å². The lowest BCUT2D eigenvalue weighted by atomic mass is 10.2. The van der Waals surface area contributed by atoms with Crippen LogP contribution in [0, 0.1) is 0 Å². The number of anilines is 1. The Morgan fingerprint density at radius 2 is 1.80 bits per heavy atom. The zero-order valence-electron chi connectivity index (χ0n) is 16.0. The van der Waals surface area contributed by atoms with E-state index in [0.29, 0.717) is 27.4 Å². The number of thioether (sulfide) groups is 1. The Balaban J connectivity index is 1.58. The van der Waals surface area contributed by atoms with Crippen LogP contribution in [-0.4, -0.2) is 38.3 Å². The Morgan fingerprint density at radius 1 is 1.07 bits per heavy atom. The number of para-hydroxylation sites is 2. The second-order valence-corrected chi connectivity index (χ2v) is 7.55. The van der Waals surface area contributed by atoms with Gasteiger partial charge in [0.15, 0.2) is 5.82 Å². The zero-order valence-corrected chi connectivity index (χ0v) is 17.6. The molecule has 7 nitrogen and oxygen atoms in total. The number of carbonyl (C=O) groups excluding carboxylic acids is 1. The SMILES string of the molecule is COc1ccccc1NC(=O)CSc1nnc(-c2ccccc2Cl)n1-n1cccc1. The summed E-state index contributed by atoms with van der Waals surface area (Å²) in [6.07, 6.45) is 3.76. The topological polar surface area (TPSA) is 74.0 Å².